The van der Waals surface area contributed by atoms with E-state index in [4.69, 9.17) is 5.73 Å². The molecule has 4 nitrogen and oxygen atoms in total. The van der Waals surface area contributed by atoms with Gasteiger partial charge in [0.25, 0.3) is 0 Å². The van der Waals surface area contributed by atoms with E-state index < -0.39 is 9.84 Å². The summed E-state index contributed by atoms with van der Waals surface area (Å²) in [5.41, 5.74) is 5.52. The fourth-order valence-electron chi connectivity index (χ4n) is 1.14. The maximum absolute atomic E-state index is 10.9. The first-order valence-electron chi connectivity index (χ1n) is 3.17. The summed E-state index contributed by atoms with van der Waals surface area (Å²) < 4.78 is 21.8. The number of sulfone groups is 1. The summed E-state index contributed by atoms with van der Waals surface area (Å²) in [7, 11) is -2.94. The Bertz CT molecular complexity index is 212. The molecular formula is C5H12N2O2S. The van der Waals surface area contributed by atoms with Crippen molar-refractivity contribution in [3.8, 4) is 0 Å². The lowest BCUT2D eigenvalue weighted by Gasteiger charge is -2.10. The molecule has 60 valence electrons. The van der Waals surface area contributed by atoms with Crippen molar-refractivity contribution in [2.75, 3.05) is 19.3 Å². The second-order valence-electron chi connectivity index (χ2n) is 2.69. The number of nitrogens with one attached hydrogen (secondary N) is 1. The van der Waals surface area contributed by atoms with Gasteiger partial charge in [-0.15, -0.1) is 0 Å². The molecule has 0 amide bonds. The molecule has 0 bridgehead atoms. The number of nitrogens with two attached hydrogens (primary N) is 1. The molecule has 0 radical (unpaired) electrons. The molecule has 0 aliphatic carbocycles. The van der Waals surface area contributed by atoms with Crippen LogP contribution >= 0.6 is 0 Å². The topological polar surface area (TPSA) is 72.2 Å². The van der Waals surface area contributed by atoms with E-state index in [0.29, 0.717) is 13.1 Å². The third-order valence-electron chi connectivity index (χ3n) is 1.75. The van der Waals surface area contributed by atoms with Gasteiger partial charge in [-0.1, -0.05) is 0 Å². The highest BCUT2D eigenvalue weighted by Crippen LogP contribution is 2.06. The molecule has 2 atom stereocenters. The van der Waals surface area contributed by atoms with Crippen molar-refractivity contribution in [2.24, 2.45) is 5.73 Å². The smallest absolute Gasteiger partial charge is 0.153 e. The molecule has 5 heteroatoms. The summed E-state index contributed by atoms with van der Waals surface area (Å²) in [4.78, 5) is 0. The predicted molar refractivity (Wildman–Crippen MR) is 39.5 cm³/mol. The highest BCUT2D eigenvalue weighted by atomic mass is 32.2. The molecule has 0 aromatic carbocycles. The van der Waals surface area contributed by atoms with Crippen molar-refractivity contribution in [2.45, 2.75) is 11.3 Å². The zero-order chi connectivity index (χ0) is 7.78. The highest BCUT2D eigenvalue weighted by molar-refractivity contribution is 7.91. The maximum atomic E-state index is 10.9. The minimum atomic E-state index is -2.94. The Morgan fingerprint density at radius 3 is 2.30 bits per heavy atom. The molecule has 1 fully saturated rings. The Morgan fingerprint density at radius 2 is 2.10 bits per heavy atom. The molecule has 1 aliphatic heterocycles. The van der Waals surface area contributed by atoms with Gasteiger partial charge in [-0.25, -0.2) is 8.42 Å². The number of rotatable bonds is 1. The van der Waals surface area contributed by atoms with E-state index in [9.17, 15) is 8.42 Å². The summed E-state index contributed by atoms with van der Waals surface area (Å²) in [5.74, 6) is 0. The van der Waals surface area contributed by atoms with Gasteiger partial charge >= 0.3 is 0 Å². The lowest BCUT2D eigenvalue weighted by atomic mass is 10.3. The van der Waals surface area contributed by atoms with Gasteiger partial charge < -0.3 is 11.1 Å². The number of hydrogen-bond donors (Lipinski definition) is 2. The lowest BCUT2D eigenvalue weighted by Crippen LogP contribution is -2.38. The van der Waals surface area contributed by atoms with E-state index in [1.807, 2.05) is 0 Å². The minimum Gasteiger partial charge on any atom is -0.325 e. The van der Waals surface area contributed by atoms with Crippen molar-refractivity contribution in [3.63, 3.8) is 0 Å². The van der Waals surface area contributed by atoms with Crippen molar-refractivity contribution in [3.05, 3.63) is 0 Å². The summed E-state index contributed by atoms with van der Waals surface area (Å²) in [6.45, 7) is 1.11. The van der Waals surface area contributed by atoms with Crippen molar-refractivity contribution in [1.29, 1.82) is 0 Å². The zero-order valence-corrected chi connectivity index (χ0v) is 6.69. The van der Waals surface area contributed by atoms with Gasteiger partial charge in [0.1, 0.15) is 0 Å². The minimum absolute atomic E-state index is 0.227. The van der Waals surface area contributed by atoms with E-state index in [1.165, 1.54) is 6.26 Å². The van der Waals surface area contributed by atoms with Crippen LogP contribution in [0.3, 0.4) is 0 Å². The predicted octanol–water partition coefficient (Wildman–Crippen LogP) is -1.67. The maximum Gasteiger partial charge on any atom is 0.153 e. The van der Waals surface area contributed by atoms with Crippen LogP contribution in [-0.4, -0.2) is 39.1 Å². The Labute approximate surface area is 60.7 Å². The Kier molecular flexibility index (Phi) is 1.98. The first-order chi connectivity index (χ1) is 4.52. The van der Waals surface area contributed by atoms with E-state index in [1.54, 1.807) is 0 Å². The van der Waals surface area contributed by atoms with Crippen LogP contribution in [0.5, 0.6) is 0 Å². The number of hydrogen-bond acceptors (Lipinski definition) is 4. The molecule has 1 aliphatic rings. The summed E-state index contributed by atoms with van der Waals surface area (Å²) in [6, 6.07) is -0.227. The van der Waals surface area contributed by atoms with Gasteiger partial charge in [0.15, 0.2) is 9.84 Å². The van der Waals surface area contributed by atoms with Gasteiger partial charge in [0, 0.05) is 25.4 Å². The first-order valence-corrected chi connectivity index (χ1v) is 5.12. The van der Waals surface area contributed by atoms with Gasteiger partial charge in [-0.05, 0) is 0 Å². The summed E-state index contributed by atoms with van der Waals surface area (Å²) in [5, 5.41) is 2.54. The van der Waals surface area contributed by atoms with Gasteiger partial charge in [-0.3, -0.25) is 0 Å². The second-order valence-corrected chi connectivity index (χ2v) is 4.95. The van der Waals surface area contributed by atoms with E-state index >= 15 is 0 Å². The highest BCUT2D eigenvalue weighted by Gasteiger charge is 2.31. The van der Waals surface area contributed by atoms with E-state index in [0.717, 1.165) is 0 Å². The van der Waals surface area contributed by atoms with E-state index in [-0.39, 0.29) is 11.3 Å². The molecule has 1 saturated heterocycles. The van der Waals surface area contributed by atoms with Gasteiger partial charge in [0.05, 0.1) is 5.25 Å². The van der Waals surface area contributed by atoms with Crippen molar-refractivity contribution < 1.29 is 8.42 Å². The van der Waals surface area contributed by atoms with Crippen LogP contribution < -0.4 is 11.1 Å². The molecule has 2 unspecified atom stereocenters. The third-order valence-corrected chi connectivity index (χ3v) is 3.37. The van der Waals surface area contributed by atoms with Crippen LogP contribution in [-0.2, 0) is 9.84 Å². The molecule has 0 aromatic rings. The van der Waals surface area contributed by atoms with Crippen LogP contribution in [0.15, 0.2) is 0 Å². The molecule has 1 heterocycles. The molecule has 0 aromatic heterocycles. The lowest BCUT2D eigenvalue weighted by molar-refractivity contribution is 0.581. The molecule has 0 saturated carbocycles. The van der Waals surface area contributed by atoms with E-state index in [2.05, 4.69) is 5.32 Å². The SMILES string of the molecule is CS(=O)(=O)C1CNCC1N. The van der Waals surface area contributed by atoms with Crippen molar-refractivity contribution >= 4 is 9.84 Å². The van der Waals surface area contributed by atoms with Crippen LogP contribution in [0.2, 0.25) is 0 Å². The van der Waals surface area contributed by atoms with Crippen LogP contribution in [0.4, 0.5) is 0 Å². The third kappa shape index (κ3) is 1.47. The average molecular weight is 164 g/mol. The first kappa shape index (κ1) is 7.97. The summed E-state index contributed by atoms with van der Waals surface area (Å²) >= 11 is 0. The van der Waals surface area contributed by atoms with Gasteiger partial charge in [-0.2, -0.15) is 0 Å². The molecule has 1 rings (SSSR count). The monoisotopic (exact) mass is 164 g/mol. The van der Waals surface area contributed by atoms with Crippen LogP contribution in [0.1, 0.15) is 0 Å². The normalized spacial score (nSPS) is 34.6. The second kappa shape index (κ2) is 2.48. The molecule has 3 N–H and O–H groups in total. The van der Waals surface area contributed by atoms with Crippen molar-refractivity contribution in [1.82, 2.24) is 5.32 Å². The van der Waals surface area contributed by atoms with Gasteiger partial charge in [0.2, 0.25) is 0 Å². The molecular weight excluding hydrogens is 152 g/mol. The fourth-order valence-corrected chi connectivity index (χ4v) is 2.30. The molecule has 0 spiro atoms. The standard InChI is InChI=1S/C5H12N2O2S/c1-10(8,9)5-3-7-2-4(5)6/h4-5,7H,2-3,6H2,1H3. The largest absolute Gasteiger partial charge is 0.325 e. The zero-order valence-electron chi connectivity index (χ0n) is 5.87. The molecule has 10 heavy (non-hydrogen) atoms. The summed E-state index contributed by atoms with van der Waals surface area (Å²) in [6.07, 6.45) is 1.23. The Morgan fingerprint density at radius 1 is 1.50 bits per heavy atom. The van der Waals surface area contributed by atoms with Crippen LogP contribution in [0, 0.1) is 0 Å². The quantitative estimate of drug-likeness (QED) is 0.486. The van der Waals surface area contributed by atoms with Crippen LogP contribution in [0.25, 0.3) is 0 Å². The fraction of sp³-hybridized carbons (Fsp3) is 1.00. The Balaban J connectivity index is 2.74. The Hall–Kier alpha value is -0.130. The average Bonchev–Trinajstić information content (AvgIpc) is 2.11.